The topological polar surface area (TPSA) is 194 Å². The third kappa shape index (κ3) is 6.41. The number of halogens is 3. The number of carbonyl (C=O) groups is 5. The molecule has 0 unspecified atom stereocenters. The number of likely N-dealkylation sites (tertiary alicyclic amines) is 1. The molecule has 0 aliphatic carbocycles. The zero-order valence-corrected chi connectivity index (χ0v) is 25.2. The molecule has 5 rings (SSSR count). The molecule has 3 aliphatic heterocycles. The van der Waals surface area contributed by atoms with Crippen LogP contribution in [0, 0.1) is 0 Å². The van der Waals surface area contributed by atoms with E-state index >= 15 is 0 Å². The van der Waals surface area contributed by atoms with Crippen LogP contribution in [0.15, 0.2) is 57.7 Å². The van der Waals surface area contributed by atoms with Gasteiger partial charge >= 0.3 is 18.1 Å². The Labute approximate surface area is 265 Å². The van der Waals surface area contributed by atoms with Gasteiger partial charge in [0.05, 0.1) is 7.11 Å². The number of rotatable bonds is 8. The van der Waals surface area contributed by atoms with Crippen molar-refractivity contribution in [3.8, 4) is 5.75 Å². The molecule has 14 nitrogen and oxygen atoms in total. The van der Waals surface area contributed by atoms with Crippen molar-refractivity contribution in [1.29, 1.82) is 0 Å². The zero-order valence-electron chi connectivity index (χ0n) is 23.6. The van der Waals surface area contributed by atoms with Gasteiger partial charge in [0.25, 0.3) is 11.8 Å². The molecular formula is C27H23F3N6O8S2. The predicted molar refractivity (Wildman–Crippen MR) is 155 cm³/mol. The Morgan fingerprint density at radius 3 is 2.70 bits per heavy atom. The van der Waals surface area contributed by atoms with E-state index < -0.39 is 58.7 Å². The molecule has 4 N–H and O–H groups in total. The third-order valence-corrected chi connectivity index (χ3v) is 9.02. The number of ether oxygens (including phenoxy) is 2. The first-order valence-corrected chi connectivity index (χ1v) is 15.1. The van der Waals surface area contributed by atoms with E-state index in [0.29, 0.717) is 12.3 Å². The maximum atomic E-state index is 13.2. The normalized spacial score (nSPS) is 20.9. The number of carbonyl (C=O) groups excluding carboxylic acids is 5. The van der Waals surface area contributed by atoms with Gasteiger partial charge in [-0.2, -0.15) is 13.2 Å². The number of benzene rings is 1. The van der Waals surface area contributed by atoms with E-state index in [0.717, 1.165) is 33.6 Å². The van der Waals surface area contributed by atoms with Crippen molar-refractivity contribution in [3.63, 3.8) is 0 Å². The van der Waals surface area contributed by atoms with Gasteiger partial charge in [-0.3, -0.25) is 19.3 Å². The molecule has 3 aliphatic rings. The molecule has 0 radical (unpaired) electrons. The molecule has 2 aromatic rings. The number of aromatic nitrogens is 1. The molecule has 0 saturated carbocycles. The Morgan fingerprint density at radius 1 is 1.28 bits per heavy atom. The summed E-state index contributed by atoms with van der Waals surface area (Å²) in [7, 11) is 1.51. The lowest BCUT2D eigenvalue weighted by Gasteiger charge is -2.49. The number of nitrogens with one attached hydrogen (secondary N) is 1. The van der Waals surface area contributed by atoms with Gasteiger partial charge in [0.15, 0.2) is 10.8 Å². The van der Waals surface area contributed by atoms with E-state index in [4.69, 9.17) is 10.5 Å². The molecule has 2 atom stereocenters. The lowest BCUT2D eigenvalue weighted by atomic mass is 10.0. The minimum absolute atomic E-state index is 0.0264. The predicted octanol–water partition coefficient (Wildman–Crippen LogP) is 1.56. The summed E-state index contributed by atoms with van der Waals surface area (Å²) in [4.78, 5) is 70.0. The number of oxime groups is 1. The van der Waals surface area contributed by atoms with Gasteiger partial charge in [-0.1, -0.05) is 17.3 Å². The first kappa shape index (κ1) is 32.5. The number of hydrogen-bond donors (Lipinski definition) is 3. The minimum Gasteiger partial charge on any atom is -0.497 e. The van der Waals surface area contributed by atoms with E-state index in [1.807, 2.05) is 0 Å². The third-order valence-electron chi connectivity index (χ3n) is 7.04. The van der Waals surface area contributed by atoms with Crippen LogP contribution >= 0.6 is 23.1 Å². The quantitative estimate of drug-likeness (QED) is 0.0697. The number of hydrogen-bond acceptors (Lipinski definition) is 13. The molecule has 19 heteroatoms. The average Bonchev–Trinajstić information content (AvgIpc) is 3.60. The summed E-state index contributed by atoms with van der Waals surface area (Å²) in [6.45, 7) is 0.532. The Balaban J connectivity index is 1.40. The molecule has 1 aromatic heterocycles. The van der Waals surface area contributed by atoms with Crippen LogP contribution in [0.4, 0.5) is 18.3 Å². The maximum absolute atomic E-state index is 13.2. The Bertz CT molecular complexity index is 1720. The minimum atomic E-state index is -5.51. The second kappa shape index (κ2) is 12.8. The lowest BCUT2D eigenvalue weighted by Crippen LogP contribution is -2.71. The highest BCUT2D eigenvalue weighted by molar-refractivity contribution is 8.00. The molecular weight excluding hydrogens is 657 g/mol. The summed E-state index contributed by atoms with van der Waals surface area (Å²) in [5.74, 6) is -6.42. The fourth-order valence-corrected chi connectivity index (χ4v) is 6.76. The fraction of sp³-hybridized carbons (Fsp3) is 0.296. The molecule has 46 heavy (non-hydrogen) atoms. The van der Waals surface area contributed by atoms with Gasteiger partial charge in [-0.05, 0) is 35.8 Å². The standard InChI is InChI=1S/C27H23F3N6O8S2/c1-43-15-4-2-3-12(7-15)9-35-6-5-13(21(35)38)8-14-10-45-23-18(33-20(37)17(34-42)16-11-46-26(31)32-16)22(39)36(23)19(14)24(40)44-25(41)27(28,29)30/h2-4,7-8,11,18,23,42H,5-6,9-10H2,1H3,(H2,31,32)(H,33,37)/b13-8?,34-17-/t18-,23-/m1/s1. The number of anilines is 1. The van der Waals surface area contributed by atoms with Crippen LogP contribution in [-0.4, -0.2) is 92.4 Å². The van der Waals surface area contributed by atoms with Crippen molar-refractivity contribution in [2.75, 3.05) is 25.1 Å². The largest absolute Gasteiger partial charge is 0.497 e. The van der Waals surface area contributed by atoms with Crippen LogP contribution in [0.25, 0.3) is 0 Å². The van der Waals surface area contributed by atoms with Crippen molar-refractivity contribution in [1.82, 2.24) is 20.1 Å². The van der Waals surface area contributed by atoms with Crippen molar-refractivity contribution < 1.29 is 51.8 Å². The second-order valence-electron chi connectivity index (χ2n) is 9.93. The molecule has 0 bridgehead atoms. The number of allylic oxidation sites excluding steroid dienone is 1. The SMILES string of the molecule is COc1cccc(CN2CCC(=CC3=C(C(=O)OC(=O)C(F)(F)F)N4C(=O)[C@@H](NC(=O)/C(=N\O)c5csc(N)n5)[C@H]4SC3)C2=O)c1. The van der Waals surface area contributed by atoms with Crippen molar-refractivity contribution in [3.05, 3.63) is 63.8 Å². The molecule has 4 heterocycles. The number of methoxy groups -OCH3 is 1. The number of amides is 3. The number of nitrogen functional groups attached to an aromatic ring is 1. The van der Waals surface area contributed by atoms with Crippen molar-refractivity contribution >= 4 is 63.6 Å². The zero-order chi connectivity index (χ0) is 33.3. The highest BCUT2D eigenvalue weighted by atomic mass is 32.2. The van der Waals surface area contributed by atoms with Crippen LogP contribution in [0.5, 0.6) is 5.75 Å². The Morgan fingerprint density at radius 2 is 2.04 bits per heavy atom. The molecule has 1 aromatic carbocycles. The molecule has 2 fully saturated rings. The molecule has 242 valence electrons. The first-order valence-electron chi connectivity index (χ1n) is 13.2. The number of thioether (sulfide) groups is 1. The van der Waals surface area contributed by atoms with E-state index in [1.54, 1.807) is 24.3 Å². The van der Waals surface area contributed by atoms with Crippen molar-refractivity contribution in [2.45, 2.75) is 30.6 Å². The molecule has 0 spiro atoms. The van der Waals surface area contributed by atoms with Gasteiger partial charge in [-0.15, -0.1) is 23.1 Å². The van der Waals surface area contributed by atoms with Crippen LogP contribution in [-0.2, 0) is 35.3 Å². The van der Waals surface area contributed by atoms with E-state index in [-0.39, 0.29) is 40.7 Å². The van der Waals surface area contributed by atoms with E-state index in [9.17, 15) is 42.4 Å². The highest BCUT2D eigenvalue weighted by Gasteiger charge is 2.55. The number of thiazole rings is 1. The number of nitrogens with two attached hydrogens (primary N) is 1. The van der Waals surface area contributed by atoms with Crippen molar-refractivity contribution in [2.24, 2.45) is 5.16 Å². The first-order chi connectivity index (χ1) is 21.8. The number of fused-ring (bicyclic) bond motifs is 1. The Hall–Kier alpha value is -4.91. The fourth-order valence-electron chi connectivity index (χ4n) is 4.91. The van der Waals surface area contributed by atoms with Crippen LogP contribution < -0.4 is 15.8 Å². The summed E-state index contributed by atoms with van der Waals surface area (Å²) in [5, 5.41) is 15.0. The summed E-state index contributed by atoms with van der Waals surface area (Å²) < 4.78 is 48.1. The van der Waals surface area contributed by atoms with Gasteiger partial charge in [0.1, 0.15) is 28.6 Å². The smallest absolute Gasteiger partial charge is 0.491 e. The Kier molecular flexibility index (Phi) is 9.06. The molecule has 3 amide bonds. The monoisotopic (exact) mass is 680 g/mol. The maximum Gasteiger partial charge on any atom is 0.491 e. The number of nitrogens with zero attached hydrogens (tertiary/aromatic N) is 4. The van der Waals surface area contributed by atoms with E-state index in [2.05, 4.69) is 20.2 Å². The van der Waals surface area contributed by atoms with E-state index in [1.165, 1.54) is 23.5 Å². The summed E-state index contributed by atoms with van der Waals surface area (Å²) >= 11 is 1.99. The summed E-state index contributed by atoms with van der Waals surface area (Å²) in [6, 6.07) is 5.75. The van der Waals surface area contributed by atoms with Gasteiger partial charge in [0.2, 0.25) is 5.91 Å². The second-order valence-corrected chi connectivity index (χ2v) is 11.9. The molecule has 2 saturated heterocycles. The number of esters is 2. The van der Waals surface area contributed by atoms with Crippen LogP contribution in [0.3, 0.4) is 0 Å². The number of alkyl halides is 3. The highest BCUT2D eigenvalue weighted by Crippen LogP contribution is 2.42. The van der Waals surface area contributed by atoms with Gasteiger partial charge in [-0.25, -0.2) is 14.6 Å². The lowest BCUT2D eigenvalue weighted by molar-refractivity contribution is -0.201. The van der Waals surface area contributed by atoms with Gasteiger partial charge < -0.3 is 30.6 Å². The summed E-state index contributed by atoms with van der Waals surface area (Å²) in [6.07, 6.45) is -3.98. The average molecular weight is 681 g/mol. The van der Waals surface area contributed by atoms with Gasteiger partial charge in [0, 0.05) is 29.8 Å². The van der Waals surface area contributed by atoms with Crippen LogP contribution in [0.1, 0.15) is 17.7 Å². The van der Waals surface area contributed by atoms with Crippen LogP contribution in [0.2, 0.25) is 0 Å². The number of β-lactam (4-membered cyclic amide) rings is 1. The summed E-state index contributed by atoms with van der Waals surface area (Å²) in [5.41, 5.74) is 5.22.